The van der Waals surface area contributed by atoms with Gasteiger partial charge in [0.25, 0.3) is 5.88 Å². The molecule has 1 aromatic carbocycles. The predicted molar refractivity (Wildman–Crippen MR) is 122 cm³/mol. The number of anilines is 3. The number of aromatic nitrogens is 5. The van der Waals surface area contributed by atoms with Gasteiger partial charge in [0.05, 0.1) is 36.7 Å². The van der Waals surface area contributed by atoms with Crippen LogP contribution in [0.1, 0.15) is 12.8 Å². The molecule has 11 heteroatoms. The summed E-state index contributed by atoms with van der Waals surface area (Å²) in [4.78, 5) is 24.2. The molecule has 0 saturated carbocycles. The van der Waals surface area contributed by atoms with Crippen LogP contribution in [0.3, 0.4) is 0 Å². The fourth-order valence-electron chi connectivity index (χ4n) is 4.02. The van der Waals surface area contributed by atoms with Crippen molar-refractivity contribution in [3.8, 4) is 17.1 Å². The molecular weight excluding hydrogens is 427 g/mol. The third-order valence-corrected chi connectivity index (χ3v) is 5.58. The summed E-state index contributed by atoms with van der Waals surface area (Å²) in [5.41, 5.74) is 2.57. The SMILES string of the molecule is COc1nn(C)cc1Nc1ncc(F)c(-c2c[nH]c3c(NC(=O)[C@@H]4CCCN4)cccc23)n1. The molecule has 170 valence electrons. The zero-order chi connectivity index (χ0) is 22.9. The van der Waals surface area contributed by atoms with Crippen LogP contribution in [0.2, 0.25) is 0 Å². The van der Waals surface area contributed by atoms with Crippen molar-refractivity contribution in [3.63, 3.8) is 0 Å². The number of nitrogens with zero attached hydrogens (tertiary/aromatic N) is 4. The van der Waals surface area contributed by atoms with E-state index in [9.17, 15) is 9.18 Å². The Balaban J connectivity index is 1.47. The Hall–Kier alpha value is -3.99. The smallest absolute Gasteiger partial charge is 0.256 e. The van der Waals surface area contributed by atoms with Crippen LogP contribution in [0, 0.1) is 5.82 Å². The number of methoxy groups -OCH3 is 1. The lowest BCUT2D eigenvalue weighted by Crippen LogP contribution is -2.35. The number of carbonyl (C=O) groups excluding carboxylic acids is 1. The lowest BCUT2D eigenvalue weighted by Gasteiger charge is -2.12. The zero-order valence-corrected chi connectivity index (χ0v) is 18.1. The second kappa shape index (κ2) is 8.51. The van der Waals surface area contributed by atoms with Gasteiger partial charge in [0, 0.05) is 24.2 Å². The van der Waals surface area contributed by atoms with Crippen molar-refractivity contribution < 1.29 is 13.9 Å². The lowest BCUT2D eigenvalue weighted by molar-refractivity contribution is -0.117. The van der Waals surface area contributed by atoms with E-state index in [1.165, 1.54) is 7.11 Å². The van der Waals surface area contributed by atoms with Crippen LogP contribution in [-0.4, -0.2) is 50.3 Å². The predicted octanol–water partition coefficient (Wildman–Crippen LogP) is 2.94. The third kappa shape index (κ3) is 3.98. The molecule has 0 spiro atoms. The van der Waals surface area contributed by atoms with Gasteiger partial charge in [-0.3, -0.25) is 9.48 Å². The summed E-state index contributed by atoms with van der Waals surface area (Å²) in [6, 6.07) is 5.28. The van der Waals surface area contributed by atoms with Gasteiger partial charge in [0.1, 0.15) is 11.4 Å². The van der Waals surface area contributed by atoms with E-state index in [0.29, 0.717) is 28.3 Å². The molecule has 4 heterocycles. The minimum Gasteiger partial charge on any atom is -0.478 e. The van der Waals surface area contributed by atoms with Gasteiger partial charge in [-0.2, -0.15) is 0 Å². The van der Waals surface area contributed by atoms with E-state index in [4.69, 9.17) is 4.74 Å². The number of rotatable bonds is 6. The van der Waals surface area contributed by atoms with Gasteiger partial charge in [0.15, 0.2) is 5.82 Å². The van der Waals surface area contributed by atoms with Gasteiger partial charge in [0.2, 0.25) is 11.9 Å². The highest BCUT2D eigenvalue weighted by atomic mass is 19.1. The molecule has 3 aromatic heterocycles. The Morgan fingerprint density at radius 2 is 2.21 bits per heavy atom. The van der Waals surface area contributed by atoms with Crippen LogP contribution < -0.4 is 20.7 Å². The van der Waals surface area contributed by atoms with Crippen molar-refractivity contribution in [2.75, 3.05) is 24.3 Å². The maximum Gasteiger partial charge on any atom is 0.256 e. The molecule has 1 atom stereocenters. The molecular formula is C22H23FN8O2. The maximum atomic E-state index is 14.8. The van der Waals surface area contributed by atoms with Gasteiger partial charge < -0.3 is 25.7 Å². The maximum absolute atomic E-state index is 14.8. The van der Waals surface area contributed by atoms with Crippen molar-refractivity contribution >= 4 is 34.1 Å². The normalized spacial score (nSPS) is 15.7. The van der Waals surface area contributed by atoms with Crippen molar-refractivity contribution in [3.05, 3.63) is 42.6 Å². The molecule has 1 aliphatic heterocycles. The van der Waals surface area contributed by atoms with E-state index in [1.54, 1.807) is 24.1 Å². The summed E-state index contributed by atoms with van der Waals surface area (Å²) in [6.07, 6.45) is 6.29. The number of aryl methyl sites for hydroxylation is 1. The number of ether oxygens (including phenoxy) is 1. The number of halogens is 1. The molecule has 33 heavy (non-hydrogen) atoms. The molecule has 10 nitrogen and oxygen atoms in total. The van der Waals surface area contributed by atoms with E-state index >= 15 is 0 Å². The number of benzene rings is 1. The second-order valence-corrected chi connectivity index (χ2v) is 7.81. The Bertz CT molecular complexity index is 1330. The van der Waals surface area contributed by atoms with Crippen LogP contribution in [0.4, 0.5) is 21.7 Å². The first kappa shape index (κ1) is 20.9. The molecule has 4 aromatic rings. The summed E-state index contributed by atoms with van der Waals surface area (Å²) >= 11 is 0. The number of amides is 1. The number of nitrogens with one attached hydrogen (secondary N) is 4. The third-order valence-electron chi connectivity index (χ3n) is 5.58. The summed E-state index contributed by atoms with van der Waals surface area (Å²) < 4.78 is 21.6. The molecule has 0 aliphatic carbocycles. The topological polar surface area (TPSA) is 122 Å². The Kier molecular flexibility index (Phi) is 5.38. The van der Waals surface area contributed by atoms with E-state index in [1.807, 2.05) is 18.2 Å². The van der Waals surface area contributed by atoms with E-state index in [0.717, 1.165) is 31.0 Å². The highest BCUT2D eigenvalue weighted by Gasteiger charge is 2.23. The standard InChI is InChI=1S/C22H23FN8O2/c1-31-11-17(21(30-31)33-2)28-22-26-10-14(23)18(29-22)13-9-25-19-12(13)5-3-6-15(19)27-20(32)16-7-4-8-24-16/h3,5-6,9-11,16,24-25H,4,7-8H2,1-2H3,(H,27,32)(H,26,28,29)/t16-/m0/s1. The summed E-state index contributed by atoms with van der Waals surface area (Å²) in [5, 5.41) is 14.1. The van der Waals surface area contributed by atoms with E-state index in [-0.39, 0.29) is 23.6 Å². The van der Waals surface area contributed by atoms with Crippen molar-refractivity contribution in [1.29, 1.82) is 0 Å². The number of fused-ring (bicyclic) bond motifs is 1. The van der Waals surface area contributed by atoms with E-state index < -0.39 is 5.82 Å². The average molecular weight is 450 g/mol. The van der Waals surface area contributed by atoms with Crippen LogP contribution in [0.15, 0.2) is 36.8 Å². The Morgan fingerprint density at radius 3 is 3.00 bits per heavy atom. The first-order chi connectivity index (χ1) is 16.0. The van der Waals surface area contributed by atoms with Crippen LogP contribution in [0.5, 0.6) is 5.88 Å². The van der Waals surface area contributed by atoms with Crippen molar-refractivity contribution in [2.24, 2.45) is 7.05 Å². The van der Waals surface area contributed by atoms with Crippen LogP contribution >= 0.6 is 0 Å². The first-order valence-electron chi connectivity index (χ1n) is 10.6. The zero-order valence-electron chi connectivity index (χ0n) is 18.1. The summed E-state index contributed by atoms with van der Waals surface area (Å²) in [6.45, 7) is 0.837. The number of aromatic amines is 1. The number of hydrogen-bond acceptors (Lipinski definition) is 7. The number of carbonyl (C=O) groups is 1. The molecule has 1 saturated heterocycles. The van der Waals surface area contributed by atoms with Gasteiger partial charge in [-0.05, 0) is 25.5 Å². The van der Waals surface area contributed by atoms with Crippen molar-refractivity contribution in [2.45, 2.75) is 18.9 Å². The fraction of sp³-hybridized carbons (Fsp3) is 0.273. The van der Waals surface area contributed by atoms with Gasteiger partial charge in [-0.1, -0.05) is 12.1 Å². The summed E-state index contributed by atoms with van der Waals surface area (Å²) in [5.74, 6) is -0.0783. The van der Waals surface area contributed by atoms with Gasteiger partial charge in [-0.25, -0.2) is 14.4 Å². The highest BCUT2D eigenvalue weighted by molar-refractivity contribution is 6.06. The average Bonchev–Trinajstić information content (AvgIpc) is 3.55. The molecule has 5 rings (SSSR count). The van der Waals surface area contributed by atoms with Gasteiger partial charge >= 0.3 is 0 Å². The quantitative estimate of drug-likeness (QED) is 0.356. The highest BCUT2D eigenvalue weighted by Crippen LogP contribution is 2.34. The molecule has 0 radical (unpaired) electrons. The Morgan fingerprint density at radius 1 is 1.33 bits per heavy atom. The first-order valence-corrected chi connectivity index (χ1v) is 10.6. The number of para-hydroxylation sites is 1. The Labute approximate surface area is 188 Å². The van der Waals surface area contributed by atoms with Crippen LogP contribution in [0.25, 0.3) is 22.2 Å². The minimum absolute atomic E-state index is 0.0822. The molecule has 0 bridgehead atoms. The minimum atomic E-state index is -0.566. The molecule has 1 aliphatic rings. The largest absolute Gasteiger partial charge is 0.478 e. The number of H-pyrrole nitrogens is 1. The summed E-state index contributed by atoms with van der Waals surface area (Å²) in [7, 11) is 3.27. The monoisotopic (exact) mass is 450 g/mol. The van der Waals surface area contributed by atoms with Gasteiger partial charge in [-0.15, -0.1) is 5.10 Å². The molecule has 1 fully saturated rings. The van der Waals surface area contributed by atoms with Crippen LogP contribution in [-0.2, 0) is 11.8 Å². The fourth-order valence-corrected chi connectivity index (χ4v) is 4.02. The van der Waals surface area contributed by atoms with E-state index in [2.05, 4.69) is 36.0 Å². The lowest BCUT2D eigenvalue weighted by atomic mass is 10.1. The molecule has 1 amide bonds. The molecule has 4 N–H and O–H groups in total. The molecule has 0 unspecified atom stereocenters. The van der Waals surface area contributed by atoms with Crippen molar-refractivity contribution in [1.82, 2.24) is 30.0 Å². The second-order valence-electron chi connectivity index (χ2n) is 7.81. The number of hydrogen-bond donors (Lipinski definition) is 4.